The fourth-order valence-electron chi connectivity index (χ4n) is 2.36. The van der Waals surface area contributed by atoms with E-state index in [-0.39, 0.29) is 6.10 Å². The highest BCUT2D eigenvalue weighted by atomic mass is 16.5. The number of aromatic nitrogens is 2. The van der Waals surface area contributed by atoms with E-state index in [1.807, 2.05) is 30.3 Å². The maximum atomic E-state index is 9.89. The van der Waals surface area contributed by atoms with Gasteiger partial charge in [-0.2, -0.15) is 4.98 Å². The van der Waals surface area contributed by atoms with Gasteiger partial charge in [0.25, 0.3) is 0 Å². The summed E-state index contributed by atoms with van der Waals surface area (Å²) in [4.78, 5) is 4.29. The molecule has 0 spiro atoms. The van der Waals surface area contributed by atoms with Gasteiger partial charge in [-0.25, -0.2) is 0 Å². The second kappa shape index (κ2) is 4.45. The van der Waals surface area contributed by atoms with Crippen LogP contribution in [0.25, 0.3) is 22.6 Å². The van der Waals surface area contributed by atoms with E-state index in [2.05, 4.69) is 10.1 Å². The lowest BCUT2D eigenvalue weighted by Crippen LogP contribution is -2.12. The van der Waals surface area contributed by atoms with Gasteiger partial charge in [0, 0.05) is 5.39 Å². The average molecular weight is 270 g/mol. The van der Waals surface area contributed by atoms with Crippen LogP contribution in [0.2, 0.25) is 0 Å². The zero-order valence-corrected chi connectivity index (χ0v) is 10.8. The van der Waals surface area contributed by atoms with Gasteiger partial charge in [-0.05, 0) is 30.9 Å². The molecular weight excluding hydrogens is 256 g/mol. The molecule has 0 radical (unpaired) electrons. The first-order valence-electron chi connectivity index (χ1n) is 6.79. The van der Waals surface area contributed by atoms with E-state index in [0.717, 1.165) is 23.8 Å². The Balaban J connectivity index is 1.60. The normalized spacial score (nSPS) is 16.6. The van der Waals surface area contributed by atoms with Crippen LogP contribution in [-0.4, -0.2) is 21.4 Å². The molecule has 0 aliphatic heterocycles. The number of hydrogen-bond donors (Lipinski definition) is 1. The van der Waals surface area contributed by atoms with Gasteiger partial charge in [0.1, 0.15) is 5.58 Å². The van der Waals surface area contributed by atoms with Gasteiger partial charge in [-0.15, -0.1) is 0 Å². The van der Waals surface area contributed by atoms with Crippen molar-refractivity contribution in [1.82, 2.24) is 10.1 Å². The molecule has 5 nitrogen and oxygen atoms in total. The van der Waals surface area contributed by atoms with Gasteiger partial charge in [0.05, 0.1) is 12.5 Å². The van der Waals surface area contributed by atoms with Crippen molar-refractivity contribution in [2.24, 2.45) is 5.92 Å². The number of rotatable bonds is 4. The number of hydrogen-bond acceptors (Lipinski definition) is 5. The molecule has 4 rings (SSSR count). The summed E-state index contributed by atoms with van der Waals surface area (Å²) < 4.78 is 10.9. The number of aliphatic hydroxyl groups is 1. The third-order valence-corrected chi connectivity index (χ3v) is 3.66. The highest BCUT2D eigenvalue weighted by molar-refractivity contribution is 5.81. The van der Waals surface area contributed by atoms with Crippen LogP contribution in [0.15, 0.2) is 39.3 Å². The fraction of sp³-hybridized carbons (Fsp3) is 0.333. The average Bonchev–Trinajstić information content (AvgIpc) is 3.06. The van der Waals surface area contributed by atoms with Gasteiger partial charge in [0.2, 0.25) is 11.7 Å². The van der Waals surface area contributed by atoms with E-state index in [9.17, 15) is 5.11 Å². The largest absolute Gasteiger partial charge is 0.453 e. The van der Waals surface area contributed by atoms with Crippen LogP contribution in [0.5, 0.6) is 0 Å². The van der Waals surface area contributed by atoms with Crippen LogP contribution in [0.1, 0.15) is 18.7 Å². The van der Waals surface area contributed by atoms with Gasteiger partial charge < -0.3 is 14.0 Å². The fourth-order valence-corrected chi connectivity index (χ4v) is 2.36. The summed E-state index contributed by atoms with van der Waals surface area (Å²) in [5.74, 6) is 1.87. The molecule has 1 fully saturated rings. The third-order valence-electron chi connectivity index (χ3n) is 3.66. The van der Waals surface area contributed by atoms with Crippen LogP contribution in [0, 0.1) is 5.92 Å². The van der Waals surface area contributed by atoms with Crippen LogP contribution in [-0.2, 0) is 6.42 Å². The molecule has 0 amide bonds. The van der Waals surface area contributed by atoms with E-state index < -0.39 is 0 Å². The summed E-state index contributed by atoms with van der Waals surface area (Å²) in [5, 5.41) is 14.8. The summed E-state index contributed by atoms with van der Waals surface area (Å²) in [5.41, 5.74) is 0.798. The zero-order valence-electron chi connectivity index (χ0n) is 10.8. The van der Waals surface area contributed by atoms with Gasteiger partial charge in [-0.3, -0.25) is 0 Å². The molecule has 2 heterocycles. The van der Waals surface area contributed by atoms with Crippen molar-refractivity contribution >= 4 is 11.0 Å². The van der Waals surface area contributed by atoms with Crippen molar-refractivity contribution in [3.8, 4) is 11.6 Å². The lowest BCUT2D eigenvalue weighted by molar-refractivity contribution is 0.140. The maximum Gasteiger partial charge on any atom is 0.238 e. The predicted octanol–water partition coefficient (Wildman–Crippen LogP) is 2.80. The summed E-state index contributed by atoms with van der Waals surface area (Å²) in [6.07, 6.45) is 2.22. The SMILES string of the molecule is OC(Cc1nc(-c2cc3ccccc3o2)no1)C1CC1. The Morgan fingerprint density at radius 3 is 2.95 bits per heavy atom. The Kier molecular flexibility index (Phi) is 2.60. The summed E-state index contributed by atoms with van der Waals surface area (Å²) in [6.45, 7) is 0. The van der Waals surface area contributed by atoms with E-state index in [4.69, 9.17) is 8.94 Å². The topological polar surface area (TPSA) is 72.3 Å². The van der Waals surface area contributed by atoms with Crippen molar-refractivity contribution in [3.05, 3.63) is 36.2 Å². The molecule has 1 saturated carbocycles. The number of furan rings is 1. The second-order valence-electron chi connectivity index (χ2n) is 5.27. The van der Waals surface area contributed by atoms with Gasteiger partial charge in [0.15, 0.2) is 5.76 Å². The number of para-hydroxylation sites is 1. The van der Waals surface area contributed by atoms with Crippen molar-refractivity contribution in [2.75, 3.05) is 0 Å². The Morgan fingerprint density at radius 2 is 2.15 bits per heavy atom. The lowest BCUT2D eigenvalue weighted by Gasteiger charge is -2.03. The molecule has 0 bridgehead atoms. The zero-order chi connectivity index (χ0) is 13.5. The molecule has 1 aromatic carbocycles. The molecule has 102 valence electrons. The molecule has 1 aliphatic carbocycles. The Bertz CT molecular complexity index is 709. The van der Waals surface area contributed by atoms with Crippen molar-refractivity contribution in [3.63, 3.8) is 0 Å². The molecular formula is C15H14N2O3. The summed E-state index contributed by atoms with van der Waals surface area (Å²) in [7, 11) is 0. The molecule has 3 aromatic rings. The predicted molar refractivity (Wildman–Crippen MR) is 71.9 cm³/mol. The standard InChI is InChI=1S/C15H14N2O3/c18-11(9-5-6-9)8-14-16-15(17-20-14)13-7-10-3-1-2-4-12(10)19-13/h1-4,7,9,11,18H,5-6,8H2. The number of nitrogens with zero attached hydrogens (tertiary/aromatic N) is 2. The number of aliphatic hydroxyl groups excluding tert-OH is 1. The van der Waals surface area contributed by atoms with E-state index in [1.165, 1.54) is 0 Å². The highest BCUT2D eigenvalue weighted by Gasteiger charge is 2.31. The first kappa shape index (κ1) is 11.7. The molecule has 5 heteroatoms. The van der Waals surface area contributed by atoms with Crippen LogP contribution < -0.4 is 0 Å². The Hall–Kier alpha value is -2.14. The van der Waals surface area contributed by atoms with Gasteiger partial charge in [-0.1, -0.05) is 23.4 Å². The van der Waals surface area contributed by atoms with Gasteiger partial charge >= 0.3 is 0 Å². The van der Waals surface area contributed by atoms with E-state index in [0.29, 0.717) is 29.8 Å². The van der Waals surface area contributed by atoms with Crippen LogP contribution in [0.4, 0.5) is 0 Å². The Labute approximate surface area is 115 Å². The smallest absolute Gasteiger partial charge is 0.238 e. The minimum atomic E-state index is -0.376. The summed E-state index contributed by atoms with van der Waals surface area (Å²) in [6, 6.07) is 9.64. The quantitative estimate of drug-likeness (QED) is 0.789. The second-order valence-corrected chi connectivity index (χ2v) is 5.27. The van der Waals surface area contributed by atoms with Crippen LogP contribution in [0.3, 0.4) is 0 Å². The first-order valence-corrected chi connectivity index (χ1v) is 6.79. The number of fused-ring (bicyclic) bond motifs is 1. The lowest BCUT2D eigenvalue weighted by atomic mass is 10.2. The van der Waals surface area contributed by atoms with E-state index >= 15 is 0 Å². The molecule has 20 heavy (non-hydrogen) atoms. The molecule has 0 saturated heterocycles. The highest BCUT2D eigenvalue weighted by Crippen LogP contribution is 2.34. The van der Waals surface area contributed by atoms with Crippen LogP contribution >= 0.6 is 0 Å². The molecule has 1 unspecified atom stereocenters. The molecule has 2 aromatic heterocycles. The maximum absolute atomic E-state index is 9.89. The van der Waals surface area contributed by atoms with Crippen molar-refractivity contribution < 1.29 is 14.0 Å². The first-order chi connectivity index (χ1) is 9.79. The monoisotopic (exact) mass is 270 g/mol. The molecule has 1 aliphatic rings. The summed E-state index contributed by atoms with van der Waals surface area (Å²) >= 11 is 0. The number of benzene rings is 1. The van der Waals surface area contributed by atoms with Crippen molar-refractivity contribution in [2.45, 2.75) is 25.4 Å². The Morgan fingerprint density at radius 1 is 1.30 bits per heavy atom. The molecule has 1 atom stereocenters. The minimum absolute atomic E-state index is 0.376. The third kappa shape index (κ3) is 2.10. The minimum Gasteiger partial charge on any atom is -0.453 e. The van der Waals surface area contributed by atoms with Crippen molar-refractivity contribution in [1.29, 1.82) is 0 Å². The van der Waals surface area contributed by atoms with E-state index in [1.54, 1.807) is 0 Å². The molecule has 1 N–H and O–H groups in total.